The van der Waals surface area contributed by atoms with Gasteiger partial charge in [-0.25, -0.2) is 4.85 Å². The Labute approximate surface area is 170 Å². The Kier molecular flexibility index (Phi) is 5.81. The Bertz CT molecular complexity index is 903. The van der Waals surface area contributed by atoms with Gasteiger partial charge in [-0.2, -0.15) is 0 Å². The normalized spacial score (nSPS) is 16.5. The molecule has 5 nitrogen and oxygen atoms in total. The molecule has 0 aromatic heterocycles. The lowest BCUT2D eigenvalue weighted by Crippen LogP contribution is -2.48. The molecule has 3 rings (SSSR count). The van der Waals surface area contributed by atoms with Gasteiger partial charge in [0.15, 0.2) is 22.8 Å². The molecule has 0 N–H and O–H groups in total. The highest BCUT2D eigenvalue weighted by molar-refractivity contribution is 6.30. The van der Waals surface area contributed by atoms with Crippen LogP contribution in [-0.2, 0) is 4.79 Å². The molecule has 1 heterocycles. The first kappa shape index (κ1) is 20.0. The maximum absolute atomic E-state index is 13.3. The smallest absolute Gasteiger partial charge is 0.266 e. The maximum atomic E-state index is 13.3. The van der Waals surface area contributed by atoms with Crippen molar-refractivity contribution in [2.45, 2.75) is 38.3 Å². The minimum atomic E-state index is -1.08. The van der Waals surface area contributed by atoms with Gasteiger partial charge in [-0.3, -0.25) is 4.79 Å². The zero-order valence-electron chi connectivity index (χ0n) is 16.2. The summed E-state index contributed by atoms with van der Waals surface area (Å²) in [5.74, 6) is 0.793. The van der Waals surface area contributed by atoms with E-state index in [1.165, 1.54) is 7.11 Å². The van der Waals surface area contributed by atoms with Gasteiger partial charge in [-0.15, -0.1) is 0 Å². The molecule has 1 atom stereocenters. The predicted octanol–water partition coefficient (Wildman–Crippen LogP) is 5.42. The number of hydrogen-bond acceptors (Lipinski definition) is 3. The summed E-state index contributed by atoms with van der Waals surface area (Å²) in [6, 6.07) is 12.6. The first-order valence-electron chi connectivity index (χ1n) is 9.17. The van der Waals surface area contributed by atoms with Crippen LogP contribution >= 0.6 is 11.6 Å². The number of carbonyl (C=O) groups excluding carboxylic acids is 1. The minimum absolute atomic E-state index is 0.0130. The molecule has 0 spiro atoms. The zero-order chi connectivity index (χ0) is 20.3. The summed E-state index contributed by atoms with van der Waals surface area (Å²) in [6.07, 6.45) is 1.85. The minimum Gasteiger partial charge on any atom is -0.494 e. The Morgan fingerprint density at radius 2 is 1.93 bits per heavy atom. The van der Waals surface area contributed by atoms with Gasteiger partial charge in [0.05, 0.1) is 19.7 Å². The molecule has 2 aromatic rings. The topological polar surface area (TPSA) is 43.1 Å². The monoisotopic (exact) mass is 398 g/mol. The Balaban J connectivity index is 1.82. The van der Waals surface area contributed by atoms with E-state index in [9.17, 15) is 4.79 Å². The predicted molar refractivity (Wildman–Crippen MR) is 109 cm³/mol. The molecule has 0 aliphatic carbocycles. The third kappa shape index (κ3) is 4.07. The highest BCUT2D eigenvalue weighted by atomic mass is 35.5. The van der Waals surface area contributed by atoms with Crippen molar-refractivity contribution in [1.29, 1.82) is 0 Å². The van der Waals surface area contributed by atoms with Crippen LogP contribution in [0.2, 0.25) is 5.02 Å². The largest absolute Gasteiger partial charge is 0.494 e. The Morgan fingerprint density at radius 1 is 1.21 bits per heavy atom. The van der Waals surface area contributed by atoms with Crippen LogP contribution in [0.4, 0.5) is 5.69 Å². The fraction of sp³-hybridized carbons (Fsp3) is 0.364. The number of amides is 1. The third-order valence-corrected chi connectivity index (χ3v) is 5.18. The second-order valence-corrected chi connectivity index (χ2v) is 7.70. The van der Waals surface area contributed by atoms with Crippen LogP contribution in [0.25, 0.3) is 4.85 Å². The number of rotatable bonds is 5. The van der Waals surface area contributed by atoms with E-state index in [-0.39, 0.29) is 11.9 Å². The van der Waals surface area contributed by atoms with Crippen LogP contribution in [0.1, 0.15) is 38.3 Å². The van der Waals surface area contributed by atoms with Gasteiger partial charge in [-0.05, 0) is 56.5 Å². The summed E-state index contributed by atoms with van der Waals surface area (Å²) < 4.78 is 11.4. The van der Waals surface area contributed by atoms with E-state index < -0.39 is 5.60 Å². The highest BCUT2D eigenvalue weighted by Gasteiger charge is 2.40. The average Bonchev–Trinajstić information content (AvgIpc) is 3.17. The van der Waals surface area contributed by atoms with Crippen LogP contribution < -0.4 is 9.47 Å². The molecule has 1 amide bonds. The number of methoxy groups -OCH3 is 1. The quantitative estimate of drug-likeness (QED) is 0.631. The molecule has 0 radical (unpaired) electrons. The van der Waals surface area contributed by atoms with Crippen molar-refractivity contribution in [2.24, 2.45) is 0 Å². The van der Waals surface area contributed by atoms with Gasteiger partial charge in [0.25, 0.3) is 5.91 Å². The van der Waals surface area contributed by atoms with Gasteiger partial charge in [0.1, 0.15) is 0 Å². The van der Waals surface area contributed by atoms with Gasteiger partial charge >= 0.3 is 0 Å². The lowest BCUT2D eigenvalue weighted by atomic mass is 10.0. The maximum Gasteiger partial charge on any atom is 0.266 e. The Hall–Kier alpha value is -2.71. The van der Waals surface area contributed by atoms with Crippen molar-refractivity contribution in [3.63, 3.8) is 0 Å². The first-order chi connectivity index (χ1) is 13.4. The van der Waals surface area contributed by atoms with E-state index in [1.54, 1.807) is 32.0 Å². The van der Waals surface area contributed by atoms with Crippen molar-refractivity contribution in [3.05, 3.63) is 64.5 Å². The number of carbonyl (C=O) groups is 1. The van der Waals surface area contributed by atoms with E-state index in [2.05, 4.69) is 4.85 Å². The average molecular weight is 399 g/mol. The molecule has 1 aliphatic rings. The molecule has 0 bridgehead atoms. The standard InChI is InChI=1S/C22H23ClN2O3/c1-22(2,28-19-12-11-17(24-3)14-20(19)27-4)21(26)25-13-5-6-18(25)15-7-9-16(23)10-8-15/h7-12,14,18H,5-6,13H2,1-2,4H3. The number of halogens is 1. The van der Waals surface area contributed by atoms with Crippen LogP contribution in [0.15, 0.2) is 42.5 Å². The Morgan fingerprint density at radius 3 is 2.57 bits per heavy atom. The second-order valence-electron chi connectivity index (χ2n) is 7.27. The number of benzene rings is 2. The molecule has 1 fully saturated rings. The van der Waals surface area contributed by atoms with E-state index in [0.29, 0.717) is 28.8 Å². The first-order valence-corrected chi connectivity index (χ1v) is 9.54. The fourth-order valence-corrected chi connectivity index (χ4v) is 3.64. The SMILES string of the molecule is [C-]#[N+]c1ccc(OC(C)(C)C(=O)N2CCCC2c2ccc(Cl)cc2)c(OC)c1. The molecule has 1 saturated heterocycles. The van der Waals surface area contributed by atoms with Gasteiger partial charge < -0.3 is 14.4 Å². The van der Waals surface area contributed by atoms with E-state index >= 15 is 0 Å². The van der Waals surface area contributed by atoms with Crippen LogP contribution in [0.3, 0.4) is 0 Å². The van der Waals surface area contributed by atoms with Crippen molar-refractivity contribution < 1.29 is 14.3 Å². The summed E-state index contributed by atoms with van der Waals surface area (Å²) in [6.45, 7) is 11.3. The molecular formula is C22H23ClN2O3. The number of likely N-dealkylation sites (tertiary alicyclic amines) is 1. The molecule has 28 heavy (non-hydrogen) atoms. The second kappa shape index (κ2) is 8.12. The van der Waals surface area contributed by atoms with Gasteiger partial charge in [0, 0.05) is 11.6 Å². The van der Waals surface area contributed by atoms with Crippen molar-refractivity contribution in [1.82, 2.24) is 4.90 Å². The molecule has 146 valence electrons. The fourth-order valence-electron chi connectivity index (χ4n) is 3.52. The molecule has 1 aliphatic heterocycles. The summed E-state index contributed by atoms with van der Waals surface area (Å²) in [5, 5.41) is 0.679. The number of hydrogen-bond donors (Lipinski definition) is 0. The molecule has 6 heteroatoms. The summed E-state index contributed by atoms with van der Waals surface area (Å²) in [7, 11) is 1.52. The van der Waals surface area contributed by atoms with Crippen LogP contribution in [0, 0.1) is 6.57 Å². The van der Waals surface area contributed by atoms with Gasteiger partial charge in [-0.1, -0.05) is 29.8 Å². The number of ether oxygens (including phenoxy) is 2. The van der Waals surface area contributed by atoms with Crippen LogP contribution in [0.5, 0.6) is 11.5 Å². The van der Waals surface area contributed by atoms with Crippen LogP contribution in [-0.4, -0.2) is 30.1 Å². The third-order valence-electron chi connectivity index (χ3n) is 4.92. The van der Waals surface area contributed by atoms with E-state index in [4.69, 9.17) is 27.6 Å². The molecule has 1 unspecified atom stereocenters. The van der Waals surface area contributed by atoms with E-state index in [0.717, 1.165) is 18.4 Å². The number of nitrogens with zero attached hydrogens (tertiary/aromatic N) is 2. The highest BCUT2D eigenvalue weighted by Crippen LogP contribution is 2.37. The summed E-state index contributed by atoms with van der Waals surface area (Å²) in [4.78, 5) is 18.6. The van der Waals surface area contributed by atoms with Crippen molar-refractivity contribution >= 4 is 23.2 Å². The summed E-state index contributed by atoms with van der Waals surface area (Å²) >= 11 is 6.00. The van der Waals surface area contributed by atoms with E-state index in [1.807, 2.05) is 29.2 Å². The van der Waals surface area contributed by atoms with Crippen molar-refractivity contribution in [3.8, 4) is 11.5 Å². The van der Waals surface area contributed by atoms with Gasteiger partial charge in [0.2, 0.25) is 0 Å². The zero-order valence-corrected chi connectivity index (χ0v) is 17.0. The van der Waals surface area contributed by atoms with Crippen molar-refractivity contribution in [2.75, 3.05) is 13.7 Å². The summed E-state index contributed by atoms with van der Waals surface area (Å²) in [5.41, 5.74) is 0.447. The lowest BCUT2D eigenvalue weighted by molar-refractivity contribution is -0.146. The lowest BCUT2D eigenvalue weighted by Gasteiger charge is -2.34. The molecule has 2 aromatic carbocycles. The molecule has 0 saturated carbocycles. The molecular weight excluding hydrogens is 376 g/mol.